The number of fused-ring (bicyclic) bond motifs is 1. The van der Waals surface area contributed by atoms with Crippen LogP contribution in [-0.4, -0.2) is 9.78 Å². The van der Waals surface area contributed by atoms with Crippen molar-refractivity contribution in [3.63, 3.8) is 0 Å². The van der Waals surface area contributed by atoms with Crippen LogP contribution in [0.2, 0.25) is 0 Å². The Balaban J connectivity index is 1.82. The number of anilines is 1. The zero-order chi connectivity index (χ0) is 13.2. The van der Waals surface area contributed by atoms with Crippen LogP contribution < -0.4 is 5.32 Å². The van der Waals surface area contributed by atoms with E-state index in [1.165, 1.54) is 36.0 Å². The number of hydrogen-bond donors (Lipinski definition) is 1. The normalized spacial score (nSPS) is 13.1. The largest absolute Gasteiger partial charge is 0.365 e. The van der Waals surface area contributed by atoms with E-state index < -0.39 is 0 Å². The second-order valence-electron chi connectivity index (χ2n) is 4.90. The Hall–Kier alpha value is -2.28. The molecule has 3 rings (SSSR count). The number of nitriles is 1. The number of aryl methyl sites for hydroxylation is 2. The molecule has 0 fully saturated rings. The number of aromatic nitrogens is 2. The monoisotopic (exact) mass is 252 g/mol. The average Bonchev–Trinajstić information content (AvgIpc) is 3.03. The highest BCUT2D eigenvalue weighted by atomic mass is 15.3. The van der Waals surface area contributed by atoms with Gasteiger partial charge in [0.05, 0.1) is 6.20 Å². The number of nitrogens with one attached hydrogen (secondary N) is 1. The van der Waals surface area contributed by atoms with Gasteiger partial charge in [0, 0.05) is 13.6 Å². The molecule has 0 unspecified atom stereocenters. The van der Waals surface area contributed by atoms with Gasteiger partial charge in [-0.05, 0) is 36.0 Å². The van der Waals surface area contributed by atoms with Crippen LogP contribution in [0.15, 0.2) is 24.4 Å². The van der Waals surface area contributed by atoms with E-state index in [1.807, 2.05) is 7.05 Å². The van der Waals surface area contributed by atoms with Gasteiger partial charge >= 0.3 is 0 Å². The molecule has 0 spiro atoms. The molecule has 0 amide bonds. The third-order valence-corrected chi connectivity index (χ3v) is 3.75. The predicted molar refractivity (Wildman–Crippen MR) is 73.7 cm³/mol. The molecule has 1 aromatic heterocycles. The van der Waals surface area contributed by atoms with Crippen molar-refractivity contribution in [1.29, 1.82) is 5.26 Å². The van der Waals surface area contributed by atoms with Crippen molar-refractivity contribution >= 4 is 5.82 Å². The summed E-state index contributed by atoms with van der Waals surface area (Å²) in [7, 11) is 1.85. The number of benzene rings is 1. The summed E-state index contributed by atoms with van der Waals surface area (Å²) < 4.78 is 1.71. The van der Waals surface area contributed by atoms with Crippen molar-refractivity contribution < 1.29 is 0 Å². The minimum Gasteiger partial charge on any atom is -0.365 e. The van der Waals surface area contributed by atoms with Crippen molar-refractivity contribution in [2.24, 2.45) is 7.05 Å². The van der Waals surface area contributed by atoms with Crippen molar-refractivity contribution in [2.45, 2.75) is 25.8 Å². The molecule has 1 heterocycles. The van der Waals surface area contributed by atoms with Crippen LogP contribution >= 0.6 is 0 Å². The number of hydrogen-bond acceptors (Lipinski definition) is 3. The van der Waals surface area contributed by atoms with Crippen LogP contribution in [0.4, 0.5) is 5.82 Å². The molecule has 1 aliphatic rings. The Labute approximate surface area is 112 Å². The third-order valence-electron chi connectivity index (χ3n) is 3.75. The van der Waals surface area contributed by atoms with Gasteiger partial charge in [0.1, 0.15) is 17.5 Å². The smallest absolute Gasteiger partial charge is 0.142 e. The maximum atomic E-state index is 9.04. The second-order valence-corrected chi connectivity index (χ2v) is 4.90. The van der Waals surface area contributed by atoms with Gasteiger partial charge in [0.15, 0.2) is 0 Å². The lowest BCUT2D eigenvalue weighted by Gasteiger charge is -2.11. The summed E-state index contributed by atoms with van der Waals surface area (Å²) in [4.78, 5) is 0. The fourth-order valence-corrected chi connectivity index (χ4v) is 2.77. The first kappa shape index (κ1) is 11.8. The summed E-state index contributed by atoms with van der Waals surface area (Å²) in [6.07, 6.45) is 5.21. The van der Waals surface area contributed by atoms with Crippen LogP contribution in [0.3, 0.4) is 0 Å². The lowest BCUT2D eigenvalue weighted by atomic mass is 10.0. The topological polar surface area (TPSA) is 53.6 Å². The zero-order valence-electron chi connectivity index (χ0n) is 11.0. The number of rotatable bonds is 3. The molecule has 0 bridgehead atoms. The summed E-state index contributed by atoms with van der Waals surface area (Å²) in [5.41, 5.74) is 4.88. The second kappa shape index (κ2) is 4.77. The maximum Gasteiger partial charge on any atom is 0.142 e. The molecule has 0 radical (unpaired) electrons. The first-order valence-corrected chi connectivity index (χ1v) is 6.55. The van der Waals surface area contributed by atoms with Crippen LogP contribution in [0, 0.1) is 11.3 Å². The van der Waals surface area contributed by atoms with Crippen LogP contribution in [-0.2, 0) is 26.4 Å². The molecule has 1 aromatic carbocycles. The highest BCUT2D eigenvalue weighted by molar-refractivity contribution is 5.52. The SMILES string of the molecule is Cn1ncc(C#N)c1NCc1cccc2c1CCC2. The molecule has 0 saturated carbocycles. The Kier molecular flexibility index (Phi) is 2.96. The Morgan fingerprint density at radius 2 is 2.32 bits per heavy atom. The van der Waals surface area contributed by atoms with Crippen LogP contribution in [0.1, 0.15) is 28.7 Å². The van der Waals surface area contributed by atoms with E-state index in [9.17, 15) is 0 Å². The standard InChI is InChI=1S/C15H16N4/c1-19-15(13(8-16)10-18-19)17-9-12-6-2-4-11-5-3-7-14(11)12/h2,4,6,10,17H,3,5,7,9H2,1H3. The molecule has 2 aromatic rings. The molecule has 0 atom stereocenters. The molecule has 0 aliphatic heterocycles. The number of nitrogens with zero attached hydrogens (tertiary/aromatic N) is 3. The first-order valence-electron chi connectivity index (χ1n) is 6.55. The Morgan fingerprint density at radius 3 is 3.16 bits per heavy atom. The van der Waals surface area contributed by atoms with E-state index in [1.54, 1.807) is 10.9 Å². The van der Waals surface area contributed by atoms with Crippen molar-refractivity contribution in [3.8, 4) is 6.07 Å². The molecule has 4 nitrogen and oxygen atoms in total. The highest BCUT2D eigenvalue weighted by Gasteiger charge is 2.15. The minimum atomic E-state index is 0.593. The molecule has 1 N–H and O–H groups in total. The van der Waals surface area contributed by atoms with Crippen LogP contribution in [0.5, 0.6) is 0 Å². The first-order chi connectivity index (χ1) is 9.29. The molecule has 4 heteroatoms. The third kappa shape index (κ3) is 2.08. The maximum absolute atomic E-state index is 9.04. The van der Waals surface area contributed by atoms with E-state index in [0.717, 1.165) is 12.4 Å². The fraction of sp³-hybridized carbons (Fsp3) is 0.333. The van der Waals surface area contributed by atoms with Gasteiger partial charge in [-0.3, -0.25) is 4.68 Å². The molecule has 19 heavy (non-hydrogen) atoms. The van der Waals surface area contributed by atoms with Gasteiger partial charge in [0.2, 0.25) is 0 Å². The highest BCUT2D eigenvalue weighted by Crippen LogP contribution is 2.26. The molecule has 96 valence electrons. The van der Waals surface area contributed by atoms with Gasteiger partial charge in [-0.1, -0.05) is 18.2 Å². The summed E-state index contributed by atoms with van der Waals surface area (Å²) >= 11 is 0. The van der Waals surface area contributed by atoms with Gasteiger partial charge in [0.25, 0.3) is 0 Å². The van der Waals surface area contributed by atoms with E-state index in [2.05, 4.69) is 34.7 Å². The zero-order valence-corrected chi connectivity index (χ0v) is 11.0. The Bertz CT molecular complexity index is 649. The molecule has 0 saturated heterocycles. The predicted octanol–water partition coefficient (Wildman–Crippen LogP) is 2.39. The van der Waals surface area contributed by atoms with E-state index in [-0.39, 0.29) is 0 Å². The van der Waals surface area contributed by atoms with Crippen molar-refractivity contribution in [3.05, 3.63) is 46.6 Å². The summed E-state index contributed by atoms with van der Waals surface area (Å²) in [6.45, 7) is 0.747. The minimum absolute atomic E-state index is 0.593. The molecular weight excluding hydrogens is 236 g/mol. The molecular formula is C15H16N4. The van der Waals surface area contributed by atoms with Gasteiger partial charge in [-0.25, -0.2) is 0 Å². The average molecular weight is 252 g/mol. The van der Waals surface area contributed by atoms with Gasteiger partial charge < -0.3 is 5.32 Å². The summed E-state index contributed by atoms with van der Waals surface area (Å²) in [6, 6.07) is 8.66. The summed E-state index contributed by atoms with van der Waals surface area (Å²) in [5, 5.41) is 16.5. The Morgan fingerprint density at radius 1 is 1.42 bits per heavy atom. The molecule has 1 aliphatic carbocycles. The summed E-state index contributed by atoms with van der Waals surface area (Å²) in [5.74, 6) is 0.790. The lowest BCUT2D eigenvalue weighted by Crippen LogP contribution is -2.07. The van der Waals surface area contributed by atoms with Crippen molar-refractivity contribution in [2.75, 3.05) is 5.32 Å². The van der Waals surface area contributed by atoms with E-state index in [0.29, 0.717) is 5.56 Å². The van der Waals surface area contributed by atoms with Crippen LogP contribution in [0.25, 0.3) is 0 Å². The van der Waals surface area contributed by atoms with Gasteiger partial charge in [-0.2, -0.15) is 10.4 Å². The fourth-order valence-electron chi connectivity index (χ4n) is 2.77. The van der Waals surface area contributed by atoms with E-state index in [4.69, 9.17) is 5.26 Å². The lowest BCUT2D eigenvalue weighted by molar-refractivity contribution is 0.768. The van der Waals surface area contributed by atoms with E-state index >= 15 is 0 Å². The van der Waals surface area contributed by atoms with Crippen molar-refractivity contribution in [1.82, 2.24) is 9.78 Å². The quantitative estimate of drug-likeness (QED) is 0.912. The van der Waals surface area contributed by atoms with Gasteiger partial charge in [-0.15, -0.1) is 0 Å².